The summed E-state index contributed by atoms with van der Waals surface area (Å²) >= 11 is 0. The van der Waals surface area contributed by atoms with Crippen molar-refractivity contribution >= 4 is 35.4 Å². The molecule has 6 atom stereocenters. The van der Waals surface area contributed by atoms with Gasteiger partial charge in [-0.15, -0.1) is 12.3 Å². The average Bonchev–Trinajstić information content (AvgIpc) is 3.09. The van der Waals surface area contributed by atoms with E-state index >= 15 is 0 Å². The van der Waals surface area contributed by atoms with E-state index in [1.165, 1.54) is 33.7 Å². The first-order chi connectivity index (χ1) is 24.2. The van der Waals surface area contributed by atoms with Crippen LogP contribution in [0.25, 0.3) is 0 Å². The highest BCUT2D eigenvalue weighted by atomic mass is 16.2. The Balaban J connectivity index is 3.20. The fourth-order valence-corrected chi connectivity index (χ4v) is 6.50. The van der Waals surface area contributed by atoms with E-state index < -0.39 is 53.8 Å². The summed E-state index contributed by atoms with van der Waals surface area (Å²) in [5.74, 6) is -1.40. The molecule has 12 heteroatoms. The van der Waals surface area contributed by atoms with Crippen molar-refractivity contribution in [3.63, 3.8) is 0 Å². The molecule has 6 amide bonds. The number of nitrogens with two attached hydrogens (primary N) is 1. The molecule has 1 aromatic carbocycles. The predicted molar refractivity (Wildman–Crippen MR) is 204 cm³/mol. The first-order valence-corrected chi connectivity index (χ1v) is 18.3. The Morgan fingerprint density at radius 2 is 1.23 bits per heavy atom. The molecular formula is C40H64N6O6. The van der Waals surface area contributed by atoms with Crippen molar-refractivity contribution in [2.75, 3.05) is 28.2 Å². The number of terminal acetylenes is 1. The third-order valence-corrected chi connectivity index (χ3v) is 9.88. The van der Waals surface area contributed by atoms with Gasteiger partial charge in [0.15, 0.2) is 0 Å². The lowest BCUT2D eigenvalue weighted by atomic mass is 9.94. The van der Waals surface area contributed by atoms with Gasteiger partial charge in [-0.3, -0.25) is 28.8 Å². The van der Waals surface area contributed by atoms with Crippen molar-refractivity contribution in [1.29, 1.82) is 0 Å². The number of carbonyl (C=O) groups is 6. The molecule has 52 heavy (non-hydrogen) atoms. The van der Waals surface area contributed by atoms with Crippen LogP contribution in [0.1, 0.15) is 86.6 Å². The van der Waals surface area contributed by atoms with E-state index in [2.05, 4.69) is 11.2 Å². The van der Waals surface area contributed by atoms with Crippen molar-refractivity contribution in [3.05, 3.63) is 35.9 Å². The fraction of sp³-hybridized carbons (Fsp3) is 0.650. The highest BCUT2D eigenvalue weighted by molar-refractivity contribution is 5.96. The van der Waals surface area contributed by atoms with Crippen molar-refractivity contribution in [1.82, 2.24) is 24.9 Å². The summed E-state index contributed by atoms with van der Waals surface area (Å²) in [6.07, 6.45) is 8.49. The molecule has 0 fully saturated rings. The molecule has 0 aliphatic rings. The Morgan fingerprint density at radius 3 is 1.71 bits per heavy atom. The van der Waals surface area contributed by atoms with Gasteiger partial charge in [-0.1, -0.05) is 85.2 Å². The lowest BCUT2D eigenvalue weighted by Crippen LogP contribution is -2.61. The molecule has 290 valence electrons. The Morgan fingerprint density at radius 1 is 0.692 bits per heavy atom. The number of primary amides is 1. The zero-order chi connectivity index (χ0) is 40.0. The summed E-state index contributed by atoms with van der Waals surface area (Å²) in [5, 5.41) is 2.87. The first-order valence-electron chi connectivity index (χ1n) is 18.3. The number of amides is 6. The summed E-state index contributed by atoms with van der Waals surface area (Å²) in [6, 6.07) is 4.46. The third kappa shape index (κ3) is 12.4. The maximum Gasteiger partial charge on any atom is 0.246 e. The normalized spacial score (nSPS) is 14.7. The molecule has 0 aliphatic carbocycles. The SMILES string of the molecule is C#CCCCC[C@@H](C)C(=O)N(C)[C@H](C(=O)N(C)[C@H](C(=O)N[C@H](C(=O)N(C)[C@@H](C)C(=O)N(C)[C@@H](Cc1ccccc1)C(N)=O)C(C)C)C(C)C)C(C)C. The van der Waals surface area contributed by atoms with Gasteiger partial charge in [0.05, 0.1) is 0 Å². The smallest absolute Gasteiger partial charge is 0.246 e. The molecule has 0 heterocycles. The van der Waals surface area contributed by atoms with E-state index in [1.54, 1.807) is 34.9 Å². The monoisotopic (exact) mass is 724 g/mol. The minimum absolute atomic E-state index is 0.156. The van der Waals surface area contributed by atoms with Crippen LogP contribution in [0.4, 0.5) is 0 Å². The predicted octanol–water partition coefficient (Wildman–Crippen LogP) is 3.32. The summed E-state index contributed by atoms with van der Waals surface area (Å²) < 4.78 is 0. The van der Waals surface area contributed by atoms with Gasteiger partial charge >= 0.3 is 0 Å². The Kier molecular flexibility index (Phi) is 18.6. The van der Waals surface area contributed by atoms with Crippen LogP contribution in [-0.2, 0) is 35.2 Å². The van der Waals surface area contributed by atoms with Crippen LogP contribution in [-0.4, -0.2) is 113 Å². The van der Waals surface area contributed by atoms with Crippen molar-refractivity contribution in [3.8, 4) is 12.3 Å². The highest BCUT2D eigenvalue weighted by Crippen LogP contribution is 2.22. The number of rotatable bonds is 20. The second-order valence-corrected chi connectivity index (χ2v) is 15.0. The van der Waals surface area contributed by atoms with Crippen LogP contribution in [0.15, 0.2) is 30.3 Å². The number of carbonyl (C=O) groups excluding carboxylic acids is 6. The van der Waals surface area contributed by atoms with Gasteiger partial charge < -0.3 is 30.7 Å². The molecule has 1 rings (SSSR count). The van der Waals surface area contributed by atoms with E-state index in [9.17, 15) is 28.8 Å². The molecule has 0 bridgehead atoms. The summed E-state index contributed by atoms with van der Waals surface area (Å²) in [6.45, 7) is 14.3. The molecule has 0 saturated carbocycles. The van der Waals surface area contributed by atoms with E-state index in [4.69, 9.17) is 12.2 Å². The molecule has 12 nitrogen and oxygen atoms in total. The molecule has 0 aromatic heterocycles. The average molecular weight is 725 g/mol. The molecule has 0 spiro atoms. The largest absolute Gasteiger partial charge is 0.368 e. The third-order valence-electron chi connectivity index (χ3n) is 9.88. The number of unbranched alkanes of at least 4 members (excludes halogenated alkanes) is 2. The number of nitrogens with zero attached hydrogens (tertiary/aromatic N) is 4. The molecule has 1 aromatic rings. The van der Waals surface area contributed by atoms with Crippen LogP contribution >= 0.6 is 0 Å². The van der Waals surface area contributed by atoms with Crippen LogP contribution in [0, 0.1) is 36.0 Å². The zero-order valence-corrected chi connectivity index (χ0v) is 33.5. The molecule has 0 aliphatic heterocycles. The van der Waals surface area contributed by atoms with Gasteiger partial charge in [0.2, 0.25) is 35.4 Å². The number of benzene rings is 1. The Labute approximate surface area is 312 Å². The topological polar surface area (TPSA) is 153 Å². The lowest BCUT2D eigenvalue weighted by molar-refractivity contribution is -0.152. The molecule has 0 unspecified atom stereocenters. The van der Waals surface area contributed by atoms with Crippen molar-refractivity contribution in [2.45, 2.75) is 118 Å². The van der Waals surface area contributed by atoms with Crippen molar-refractivity contribution in [2.24, 2.45) is 29.4 Å². The Hall–Kier alpha value is -4.40. The number of hydrogen-bond acceptors (Lipinski definition) is 6. The summed E-state index contributed by atoms with van der Waals surface area (Å²) in [4.78, 5) is 86.8. The summed E-state index contributed by atoms with van der Waals surface area (Å²) in [7, 11) is 6.12. The van der Waals surface area contributed by atoms with Crippen LogP contribution in [0.2, 0.25) is 0 Å². The second kappa shape index (κ2) is 21.2. The van der Waals surface area contributed by atoms with Gasteiger partial charge in [-0.2, -0.15) is 0 Å². The minimum Gasteiger partial charge on any atom is -0.368 e. The number of hydrogen-bond donors (Lipinski definition) is 2. The zero-order valence-electron chi connectivity index (χ0n) is 33.5. The second-order valence-electron chi connectivity index (χ2n) is 15.0. The summed E-state index contributed by atoms with van der Waals surface area (Å²) in [5.41, 5.74) is 6.52. The molecule has 0 radical (unpaired) electrons. The molecule has 0 saturated heterocycles. The lowest BCUT2D eigenvalue weighted by Gasteiger charge is -2.39. The van der Waals surface area contributed by atoms with Gasteiger partial charge in [0.25, 0.3) is 0 Å². The number of likely N-dealkylation sites (N-methyl/N-ethyl adjacent to an activating group) is 4. The fourth-order valence-electron chi connectivity index (χ4n) is 6.50. The minimum atomic E-state index is -1.03. The van der Waals surface area contributed by atoms with Gasteiger partial charge in [-0.25, -0.2) is 0 Å². The quantitative estimate of drug-likeness (QED) is 0.156. The van der Waals surface area contributed by atoms with Gasteiger partial charge in [0, 0.05) is 47.0 Å². The number of nitrogens with one attached hydrogen (secondary N) is 1. The van der Waals surface area contributed by atoms with Gasteiger partial charge in [0.1, 0.15) is 30.2 Å². The molecular weight excluding hydrogens is 660 g/mol. The van der Waals surface area contributed by atoms with Crippen LogP contribution in [0.5, 0.6) is 0 Å². The standard InChI is InChI=1S/C40H64N6O6/c1-14-15-16-18-21-28(8)37(49)46(13)34(27(6)7)40(52)45(12)33(26(4)5)36(48)42-32(25(2)3)39(51)43(10)29(9)38(50)44(11)31(35(41)47)24-30-22-19-17-20-23-30/h1,17,19-20,22-23,25-29,31-34H,15-16,18,21,24H2,2-13H3,(H2,41,47)(H,42,48)/t28-,29+,31+,32+,33+,34+/m1/s1. The maximum absolute atomic E-state index is 14.1. The van der Waals surface area contributed by atoms with E-state index in [-0.39, 0.29) is 41.9 Å². The van der Waals surface area contributed by atoms with Crippen molar-refractivity contribution < 1.29 is 28.8 Å². The molecule has 3 N–H and O–H groups in total. The van der Waals surface area contributed by atoms with Crippen LogP contribution in [0.3, 0.4) is 0 Å². The maximum atomic E-state index is 14.1. The van der Waals surface area contributed by atoms with Gasteiger partial charge in [-0.05, 0) is 43.1 Å². The van der Waals surface area contributed by atoms with E-state index in [1.807, 2.05) is 65.0 Å². The van der Waals surface area contributed by atoms with E-state index in [0.717, 1.165) is 18.4 Å². The Bertz CT molecular complexity index is 1410. The van der Waals surface area contributed by atoms with E-state index in [0.29, 0.717) is 12.8 Å². The highest BCUT2D eigenvalue weighted by Gasteiger charge is 2.41. The first kappa shape index (κ1) is 45.6. The van der Waals surface area contributed by atoms with Crippen LogP contribution < -0.4 is 11.1 Å².